The van der Waals surface area contributed by atoms with Gasteiger partial charge in [-0.3, -0.25) is 4.21 Å². The van der Waals surface area contributed by atoms with Gasteiger partial charge in [0.05, 0.1) is 33.9 Å². The molecule has 2 aromatic carbocycles. The van der Waals surface area contributed by atoms with Gasteiger partial charge in [0.2, 0.25) is 0 Å². The fourth-order valence-corrected chi connectivity index (χ4v) is 4.82. The molecule has 0 radical (unpaired) electrons. The van der Waals surface area contributed by atoms with Crippen LogP contribution in [-0.4, -0.2) is 23.4 Å². The van der Waals surface area contributed by atoms with Gasteiger partial charge in [0, 0.05) is 46.5 Å². The summed E-state index contributed by atoms with van der Waals surface area (Å²) in [5, 5.41) is 11.5. The second kappa shape index (κ2) is 7.52. The predicted octanol–water partition coefficient (Wildman–Crippen LogP) is 4.34. The van der Waals surface area contributed by atoms with E-state index in [1.165, 1.54) is 12.1 Å². The lowest BCUT2D eigenvalue weighted by atomic mass is 10.1. The van der Waals surface area contributed by atoms with Gasteiger partial charge in [-0.05, 0) is 52.3 Å². The van der Waals surface area contributed by atoms with Crippen molar-refractivity contribution in [3.05, 3.63) is 76.7 Å². The second-order valence-electron chi connectivity index (χ2n) is 6.49. The Labute approximate surface area is 172 Å². The Morgan fingerprint density at radius 1 is 1.25 bits per heavy atom. The fourth-order valence-electron chi connectivity index (χ4n) is 3.21. The van der Waals surface area contributed by atoms with Crippen LogP contribution in [0.25, 0.3) is 10.9 Å². The SMILES string of the molecule is Cn1c(CS(=O)c2ccc(F)cc2)cc2c(Cn3ccnc3)c(O)c(Br)cc21. The quantitative estimate of drug-likeness (QED) is 0.480. The summed E-state index contributed by atoms with van der Waals surface area (Å²) in [6.45, 7) is 0.465. The molecular weight excluding hydrogens is 445 g/mol. The van der Waals surface area contributed by atoms with E-state index in [1.807, 2.05) is 34.5 Å². The van der Waals surface area contributed by atoms with Crippen LogP contribution >= 0.6 is 15.9 Å². The Hall–Kier alpha value is -2.45. The number of fused-ring (bicyclic) bond motifs is 1. The summed E-state index contributed by atoms with van der Waals surface area (Å²) in [6.07, 6.45) is 5.22. The minimum absolute atomic E-state index is 0.179. The number of hydrogen-bond acceptors (Lipinski definition) is 3. The predicted molar refractivity (Wildman–Crippen MR) is 110 cm³/mol. The lowest BCUT2D eigenvalue weighted by molar-refractivity contribution is 0.464. The summed E-state index contributed by atoms with van der Waals surface area (Å²) in [5.41, 5.74) is 2.55. The van der Waals surface area contributed by atoms with E-state index in [0.717, 1.165) is 22.2 Å². The van der Waals surface area contributed by atoms with Crippen LogP contribution < -0.4 is 0 Å². The molecular formula is C20H17BrFN3O2S. The third-order valence-corrected chi connectivity index (χ3v) is 6.70. The van der Waals surface area contributed by atoms with Crippen LogP contribution in [-0.2, 0) is 30.1 Å². The van der Waals surface area contributed by atoms with Gasteiger partial charge in [0.15, 0.2) is 0 Å². The number of hydrogen-bond donors (Lipinski definition) is 1. The maximum Gasteiger partial charge on any atom is 0.135 e. The lowest BCUT2D eigenvalue weighted by Crippen LogP contribution is -2.02. The monoisotopic (exact) mass is 461 g/mol. The highest BCUT2D eigenvalue weighted by molar-refractivity contribution is 9.10. The van der Waals surface area contributed by atoms with Crippen LogP contribution in [0.2, 0.25) is 0 Å². The molecule has 144 valence electrons. The molecule has 0 fully saturated rings. The summed E-state index contributed by atoms with van der Waals surface area (Å²) < 4.78 is 30.3. The highest BCUT2D eigenvalue weighted by Gasteiger charge is 2.18. The van der Waals surface area contributed by atoms with Crippen molar-refractivity contribution in [2.45, 2.75) is 17.2 Å². The maximum absolute atomic E-state index is 13.1. The van der Waals surface area contributed by atoms with E-state index >= 15 is 0 Å². The van der Waals surface area contributed by atoms with Crippen LogP contribution in [0.1, 0.15) is 11.3 Å². The van der Waals surface area contributed by atoms with E-state index in [-0.39, 0.29) is 11.6 Å². The van der Waals surface area contributed by atoms with Crippen molar-refractivity contribution in [3.8, 4) is 5.75 Å². The Balaban J connectivity index is 1.75. The zero-order valence-electron chi connectivity index (χ0n) is 15.0. The topological polar surface area (TPSA) is 60.0 Å². The zero-order chi connectivity index (χ0) is 19.8. The number of phenols is 1. The average Bonchev–Trinajstić information content (AvgIpc) is 3.29. The van der Waals surface area contributed by atoms with Crippen molar-refractivity contribution in [2.24, 2.45) is 7.05 Å². The van der Waals surface area contributed by atoms with Gasteiger partial charge in [-0.15, -0.1) is 0 Å². The third-order valence-electron chi connectivity index (χ3n) is 4.74. The van der Waals surface area contributed by atoms with Gasteiger partial charge >= 0.3 is 0 Å². The van der Waals surface area contributed by atoms with Gasteiger partial charge in [0.25, 0.3) is 0 Å². The summed E-state index contributed by atoms with van der Waals surface area (Å²) in [4.78, 5) is 4.63. The number of halogens is 2. The van der Waals surface area contributed by atoms with Gasteiger partial charge in [-0.1, -0.05) is 0 Å². The number of benzene rings is 2. The van der Waals surface area contributed by atoms with E-state index in [0.29, 0.717) is 21.7 Å². The number of aromatic hydroxyl groups is 1. The van der Waals surface area contributed by atoms with Crippen LogP contribution in [0.5, 0.6) is 5.75 Å². The Kier molecular flexibility index (Phi) is 5.07. The normalized spacial score (nSPS) is 12.5. The number of aryl methyl sites for hydroxylation is 1. The summed E-state index contributed by atoms with van der Waals surface area (Å²) in [6, 6.07) is 9.52. The molecule has 2 aromatic heterocycles. The van der Waals surface area contributed by atoms with Crippen molar-refractivity contribution in [2.75, 3.05) is 0 Å². The molecule has 0 aliphatic carbocycles. The summed E-state index contributed by atoms with van der Waals surface area (Å²) in [5.74, 6) is 0.118. The highest BCUT2D eigenvalue weighted by Crippen LogP contribution is 2.37. The molecule has 0 aliphatic rings. The molecule has 0 saturated heterocycles. The number of nitrogens with zero attached hydrogens (tertiary/aromatic N) is 3. The second-order valence-corrected chi connectivity index (χ2v) is 8.80. The van der Waals surface area contributed by atoms with E-state index in [4.69, 9.17) is 0 Å². The Bertz CT molecular complexity index is 1170. The molecule has 1 N–H and O–H groups in total. The van der Waals surface area contributed by atoms with Gasteiger partial charge < -0.3 is 14.2 Å². The number of rotatable bonds is 5. The summed E-state index contributed by atoms with van der Waals surface area (Å²) >= 11 is 3.43. The van der Waals surface area contributed by atoms with Gasteiger partial charge in [0.1, 0.15) is 11.6 Å². The van der Waals surface area contributed by atoms with Crippen LogP contribution in [0.4, 0.5) is 4.39 Å². The molecule has 0 amide bonds. The van der Waals surface area contributed by atoms with Crippen molar-refractivity contribution < 1.29 is 13.7 Å². The molecule has 8 heteroatoms. The molecule has 4 rings (SSSR count). The van der Waals surface area contributed by atoms with Crippen LogP contribution in [0.15, 0.2) is 64.5 Å². The minimum Gasteiger partial charge on any atom is -0.506 e. The molecule has 0 aliphatic heterocycles. The lowest BCUT2D eigenvalue weighted by Gasteiger charge is -2.10. The van der Waals surface area contributed by atoms with E-state index < -0.39 is 10.8 Å². The van der Waals surface area contributed by atoms with E-state index in [1.54, 1.807) is 24.7 Å². The fraction of sp³-hybridized carbons (Fsp3) is 0.150. The molecule has 5 nitrogen and oxygen atoms in total. The van der Waals surface area contributed by atoms with Crippen molar-refractivity contribution in [1.29, 1.82) is 0 Å². The number of imidazole rings is 1. The smallest absolute Gasteiger partial charge is 0.135 e. The third kappa shape index (κ3) is 3.49. The standard InChI is InChI=1S/C20H17BrFN3O2S/c1-24-14(11-28(27)15-4-2-13(22)3-5-15)8-16-17(10-25-7-6-23-12-25)20(26)18(21)9-19(16)24/h2-9,12,26H,10-11H2,1H3. The molecule has 0 bridgehead atoms. The molecule has 2 heterocycles. The molecule has 1 atom stereocenters. The van der Waals surface area contributed by atoms with Crippen LogP contribution in [0.3, 0.4) is 0 Å². The number of aromatic nitrogens is 3. The molecule has 0 spiro atoms. The van der Waals surface area contributed by atoms with Gasteiger partial charge in [-0.2, -0.15) is 0 Å². The number of phenolic OH excluding ortho intramolecular Hbond substituents is 1. The molecule has 0 saturated carbocycles. The molecule has 28 heavy (non-hydrogen) atoms. The average molecular weight is 462 g/mol. The van der Waals surface area contributed by atoms with Crippen molar-refractivity contribution in [1.82, 2.24) is 14.1 Å². The van der Waals surface area contributed by atoms with E-state index in [9.17, 15) is 13.7 Å². The van der Waals surface area contributed by atoms with Gasteiger partial charge in [-0.25, -0.2) is 9.37 Å². The van der Waals surface area contributed by atoms with E-state index in [2.05, 4.69) is 20.9 Å². The van der Waals surface area contributed by atoms with Crippen LogP contribution in [0, 0.1) is 5.82 Å². The zero-order valence-corrected chi connectivity index (χ0v) is 17.4. The minimum atomic E-state index is -1.31. The van der Waals surface area contributed by atoms with Crippen molar-refractivity contribution >= 4 is 37.6 Å². The largest absolute Gasteiger partial charge is 0.506 e. The first-order valence-electron chi connectivity index (χ1n) is 8.52. The summed E-state index contributed by atoms with van der Waals surface area (Å²) in [7, 11) is 0.601. The first kappa shape index (κ1) is 18.9. The first-order chi connectivity index (χ1) is 13.4. The molecule has 4 aromatic rings. The Morgan fingerprint density at radius 2 is 2.00 bits per heavy atom. The molecule has 1 unspecified atom stereocenters. The van der Waals surface area contributed by atoms with Crippen molar-refractivity contribution in [3.63, 3.8) is 0 Å². The Morgan fingerprint density at radius 3 is 2.68 bits per heavy atom. The highest BCUT2D eigenvalue weighted by atomic mass is 79.9. The first-order valence-corrected chi connectivity index (χ1v) is 10.6. The maximum atomic E-state index is 13.1.